The van der Waals surface area contributed by atoms with Gasteiger partial charge in [-0.2, -0.15) is 0 Å². The van der Waals surface area contributed by atoms with Crippen LogP contribution in [0.3, 0.4) is 0 Å². The molecule has 11 heavy (non-hydrogen) atoms. The van der Waals surface area contributed by atoms with Gasteiger partial charge >= 0.3 is 0 Å². The van der Waals surface area contributed by atoms with E-state index in [4.69, 9.17) is 5.73 Å². The molecule has 0 aliphatic carbocycles. The van der Waals surface area contributed by atoms with E-state index in [-0.39, 0.29) is 0 Å². The van der Waals surface area contributed by atoms with Gasteiger partial charge in [-0.3, -0.25) is 0 Å². The first kappa shape index (κ1) is 8.68. The molecule has 62 valence electrons. The van der Waals surface area contributed by atoms with E-state index in [1.54, 1.807) is 11.3 Å². The number of aromatic nitrogens is 1. The molecule has 1 rings (SSSR count). The summed E-state index contributed by atoms with van der Waals surface area (Å²) in [6.07, 6.45) is 3.18. The van der Waals surface area contributed by atoms with Crippen LogP contribution in [0.5, 0.6) is 0 Å². The van der Waals surface area contributed by atoms with Crippen LogP contribution in [0.25, 0.3) is 0 Å². The van der Waals surface area contributed by atoms with Crippen LogP contribution in [0.15, 0.2) is 10.9 Å². The molecule has 3 heteroatoms. The largest absolute Gasteiger partial charge is 0.327 e. The summed E-state index contributed by atoms with van der Waals surface area (Å²) in [7, 11) is 0. The van der Waals surface area contributed by atoms with Crippen LogP contribution in [0.2, 0.25) is 0 Å². The zero-order chi connectivity index (χ0) is 8.10. The molecule has 1 aromatic heterocycles. The zero-order valence-electron chi connectivity index (χ0n) is 6.79. The molecule has 0 bridgehead atoms. The molecule has 2 N–H and O–H groups in total. The van der Waals surface area contributed by atoms with Gasteiger partial charge in [0.2, 0.25) is 0 Å². The average Bonchev–Trinajstić information content (AvgIpc) is 2.40. The summed E-state index contributed by atoms with van der Waals surface area (Å²) in [4.78, 5) is 4.18. The molecule has 0 fully saturated rings. The normalized spacial score (nSPS) is 13.3. The van der Waals surface area contributed by atoms with Gasteiger partial charge in [-0.1, -0.05) is 13.3 Å². The van der Waals surface area contributed by atoms with E-state index in [1.165, 1.54) is 0 Å². The highest BCUT2D eigenvalue weighted by Crippen LogP contribution is 2.05. The van der Waals surface area contributed by atoms with Crippen molar-refractivity contribution in [3.8, 4) is 0 Å². The Morgan fingerprint density at radius 2 is 2.55 bits per heavy atom. The van der Waals surface area contributed by atoms with E-state index in [0.717, 1.165) is 25.0 Å². The first-order valence-corrected chi connectivity index (χ1v) is 4.90. The van der Waals surface area contributed by atoms with Gasteiger partial charge in [0, 0.05) is 17.8 Å². The van der Waals surface area contributed by atoms with Gasteiger partial charge in [-0.25, -0.2) is 4.98 Å². The second-order valence-electron chi connectivity index (χ2n) is 2.73. The van der Waals surface area contributed by atoms with E-state index in [9.17, 15) is 0 Å². The van der Waals surface area contributed by atoms with Crippen LogP contribution in [0.1, 0.15) is 25.5 Å². The molecule has 0 saturated carbocycles. The van der Waals surface area contributed by atoms with Crippen molar-refractivity contribution in [2.75, 3.05) is 0 Å². The minimum Gasteiger partial charge on any atom is -0.327 e. The van der Waals surface area contributed by atoms with E-state index in [0.29, 0.717) is 6.04 Å². The van der Waals surface area contributed by atoms with Crippen molar-refractivity contribution < 1.29 is 0 Å². The quantitative estimate of drug-likeness (QED) is 0.748. The van der Waals surface area contributed by atoms with E-state index >= 15 is 0 Å². The molecule has 0 amide bonds. The van der Waals surface area contributed by atoms with Gasteiger partial charge in [-0.05, 0) is 6.42 Å². The Hall–Kier alpha value is -0.410. The molecule has 1 heterocycles. The van der Waals surface area contributed by atoms with E-state index < -0.39 is 0 Å². The SMILES string of the molecule is CCC[C@@H](N)Cc1cscn1. The number of nitrogens with two attached hydrogens (primary N) is 1. The van der Waals surface area contributed by atoms with Crippen molar-refractivity contribution in [3.05, 3.63) is 16.6 Å². The maximum absolute atomic E-state index is 5.84. The van der Waals surface area contributed by atoms with Crippen LogP contribution in [0, 0.1) is 0 Å². The molecule has 0 saturated heterocycles. The van der Waals surface area contributed by atoms with Gasteiger partial charge < -0.3 is 5.73 Å². The number of hydrogen-bond donors (Lipinski definition) is 1. The second-order valence-corrected chi connectivity index (χ2v) is 3.45. The Morgan fingerprint density at radius 3 is 3.09 bits per heavy atom. The van der Waals surface area contributed by atoms with Crippen molar-refractivity contribution in [3.63, 3.8) is 0 Å². The van der Waals surface area contributed by atoms with E-state index in [1.807, 2.05) is 5.51 Å². The van der Waals surface area contributed by atoms with Gasteiger partial charge in [0.15, 0.2) is 0 Å². The fraction of sp³-hybridized carbons (Fsp3) is 0.625. The minimum absolute atomic E-state index is 0.294. The molecular formula is C8H14N2S. The predicted octanol–water partition coefficient (Wildman–Crippen LogP) is 1.81. The molecule has 1 atom stereocenters. The third kappa shape index (κ3) is 2.99. The highest BCUT2D eigenvalue weighted by molar-refractivity contribution is 7.07. The lowest BCUT2D eigenvalue weighted by Gasteiger charge is -2.06. The van der Waals surface area contributed by atoms with Crippen molar-refractivity contribution >= 4 is 11.3 Å². The predicted molar refractivity (Wildman–Crippen MR) is 48.7 cm³/mol. The molecule has 1 aromatic rings. The molecule has 0 unspecified atom stereocenters. The first-order valence-electron chi connectivity index (χ1n) is 3.95. The minimum atomic E-state index is 0.294. The third-order valence-electron chi connectivity index (χ3n) is 1.61. The fourth-order valence-corrected chi connectivity index (χ4v) is 1.65. The van der Waals surface area contributed by atoms with Crippen molar-refractivity contribution in [1.82, 2.24) is 4.98 Å². The summed E-state index contributed by atoms with van der Waals surface area (Å²) in [5, 5.41) is 2.06. The lowest BCUT2D eigenvalue weighted by atomic mass is 10.1. The molecule has 2 nitrogen and oxygen atoms in total. The Morgan fingerprint density at radius 1 is 1.73 bits per heavy atom. The summed E-state index contributed by atoms with van der Waals surface area (Å²) in [6.45, 7) is 2.15. The second kappa shape index (κ2) is 4.46. The molecular weight excluding hydrogens is 156 g/mol. The molecule has 0 aromatic carbocycles. The monoisotopic (exact) mass is 170 g/mol. The highest BCUT2D eigenvalue weighted by atomic mass is 32.1. The molecule has 0 aliphatic heterocycles. The Labute approximate surface area is 71.5 Å². The standard InChI is InChI=1S/C8H14N2S/c1-2-3-7(9)4-8-5-11-6-10-8/h5-7H,2-4,9H2,1H3/t7-/m1/s1. The summed E-state index contributed by atoms with van der Waals surface area (Å²) < 4.78 is 0. The van der Waals surface area contributed by atoms with Gasteiger partial charge in [0.05, 0.1) is 11.2 Å². The van der Waals surface area contributed by atoms with Crippen molar-refractivity contribution in [2.24, 2.45) is 5.73 Å². The third-order valence-corrected chi connectivity index (χ3v) is 2.25. The Bertz CT molecular complexity index is 184. The average molecular weight is 170 g/mol. The Kier molecular flexibility index (Phi) is 3.52. The summed E-state index contributed by atoms with van der Waals surface area (Å²) >= 11 is 1.63. The smallest absolute Gasteiger partial charge is 0.0794 e. The van der Waals surface area contributed by atoms with Gasteiger partial charge in [-0.15, -0.1) is 11.3 Å². The summed E-state index contributed by atoms with van der Waals surface area (Å²) in [5.74, 6) is 0. The lowest BCUT2D eigenvalue weighted by molar-refractivity contribution is 0.595. The lowest BCUT2D eigenvalue weighted by Crippen LogP contribution is -2.22. The van der Waals surface area contributed by atoms with Gasteiger partial charge in [0.25, 0.3) is 0 Å². The Balaban J connectivity index is 2.31. The van der Waals surface area contributed by atoms with Crippen LogP contribution in [-0.4, -0.2) is 11.0 Å². The molecule has 0 spiro atoms. The highest BCUT2D eigenvalue weighted by Gasteiger charge is 2.03. The van der Waals surface area contributed by atoms with Crippen molar-refractivity contribution in [2.45, 2.75) is 32.2 Å². The maximum atomic E-state index is 5.84. The molecule has 0 aliphatic rings. The molecule has 0 radical (unpaired) electrons. The summed E-state index contributed by atoms with van der Waals surface area (Å²) in [6, 6.07) is 0.294. The summed E-state index contributed by atoms with van der Waals surface area (Å²) in [5.41, 5.74) is 8.83. The van der Waals surface area contributed by atoms with Gasteiger partial charge in [0.1, 0.15) is 0 Å². The fourth-order valence-electron chi connectivity index (χ4n) is 1.08. The van der Waals surface area contributed by atoms with Crippen LogP contribution in [-0.2, 0) is 6.42 Å². The maximum Gasteiger partial charge on any atom is 0.0794 e. The van der Waals surface area contributed by atoms with Crippen LogP contribution < -0.4 is 5.73 Å². The number of rotatable bonds is 4. The topological polar surface area (TPSA) is 38.9 Å². The number of thiazole rings is 1. The zero-order valence-corrected chi connectivity index (χ0v) is 7.60. The number of hydrogen-bond acceptors (Lipinski definition) is 3. The van der Waals surface area contributed by atoms with Crippen molar-refractivity contribution in [1.29, 1.82) is 0 Å². The first-order chi connectivity index (χ1) is 5.33. The van der Waals surface area contributed by atoms with Crippen LogP contribution in [0.4, 0.5) is 0 Å². The van der Waals surface area contributed by atoms with E-state index in [2.05, 4.69) is 17.3 Å². The number of nitrogens with zero attached hydrogens (tertiary/aromatic N) is 1. The van der Waals surface area contributed by atoms with Crippen LogP contribution >= 0.6 is 11.3 Å².